The summed E-state index contributed by atoms with van der Waals surface area (Å²) in [6.45, 7) is 3.38. The molecule has 0 spiro atoms. The third kappa shape index (κ3) is 3.55. The minimum Gasteiger partial charge on any atom is -0.311 e. The van der Waals surface area contributed by atoms with Crippen molar-refractivity contribution in [1.29, 1.82) is 0 Å². The Morgan fingerprint density at radius 1 is 1.17 bits per heavy atom. The van der Waals surface area contributed by atoms with Crippen LogP contribution < -0.4 is 5.32 Å². The van der Waals surface area contributed by atoms with Gasteiger partial charge in [0, 0.05) is 5.54 Å². The highest BCUT2D eigenvalue weighted by Gasteiger charge is 2.29. The van der Waals surface area contributed by atoms with Crippen molar-refractivity contribution in [2.45, 2.75) is 57.4 Å². The molecule has 1 fully saturated rings. The molecule has 100 valence electrons. The van der Waals surface area contributed by atoms with Gasteiger partial charge < -0.3 is 5.32 Å². The Morgan fingerprint density at radius 2 is 1.94 bits per heavy atom. The lowest BCUT2D eigenvalue weighted by atomic mass is 9.83. The van der Waals surface area contributed by atoms with Crippen LogP contribution in [0.15, 0.2) is 24.3 Å². The molecule has 0 aromatic heterocycles. The molecule has 0 bridgehead atoms. The van der Waals surface area contributed by atoms with Crippen LogP contribution in [0.4, 0.5) is 4.39 Å². The Balaban J connectivity index is 2.11. The van der Waals surface area contributed by atoms with Gasteiger partial charge in [0.05, 0.1) is 0 Å². The third-order valence-electron chi connectivity index (χ3n) is 4.02. The van der Waals surface area contributed by atoms with Crippen molar-refractivity contribution in [1.82, 2.24) is 5.32 Å². The van der Waals surface area contributed by atoms with Crippen LogP contribution in [0.3, 0.4) is 0 Å². The largest absolute Gasteiger partial charge is 0.311 e. The zero-order valence-electron chi connectivity index (χ0n) is 11.3. The van der Waals surface area contributed by atoms with Gasteiger partial charge in [0.25, 0.3) is 0 Å². The molecule has 1 aromatic rings. The summed E-state index contributed by atoms with van der Waals surface area (Å²) in [5.41, 5.74) is 1.49. The number of benzene rings is 1. The molecular formula is C16H24FN. The van der Waals surface area contributed by atoms with E-state index in [2.05, 4.69) is 12.2 Å². The molecule has 1 nitrogen and oxygen atoms in total. The van der Waals surface area contributed by atoms with Gasteiger partial charge in [0.1, 0.15) is 5.82 Å². The summed E-state index contributed by atoms with van der Waals surface area (Å²) in [4.78, 5) is 0. The van der Waals surface area contributed by atoms with Crippen LogP contribution in [-0.4, -0.2) is 12.1 Å². The summed E-state index contributed by atoms with van der Waals surface area (Å²) in [5, 5.41) is 3.77. The van der Waals surface area contributed by atoms with E-state index in [0.717, 1.165) is 13.0 Å². The maximum atomic E-state index is 13.0. The summed E-state index contributed by atoms with van der Waals surface area (Å²) in [6, 6.07) is 7.01. The van der Waals surface area contributed by atoms with E-state index < -0.39 is 0 Å². The highest BCUT2D eigenvalue weighted by Crippen LogP contribution is 2.28. The summed E-state index contributed by atoms with van der Waals surface area (Å²) in [5.74, 6) is -0.142. The van der Waals surface area contributed by atoms with Crippen molar-refractivity contribution in [2.75, 3.05) is 6.54 Å². The van der Waals surface area contributed by atoms with Crippen LogP contribution in [0, 0.1) is 5.82 Å². The highest BCUT2D eigenvalue weighted by atomic mass is 19.1. The molecule has 1 N–H and O–H groups in total. The van der Waals surface area contributed by atoms with Gasteiger partial charge in [-0.2, -0.15) is 0 Å². The molecule has 1 saturated heterocycles. The Labute approximate surface area is 110 Å². The first-order chi connectivity index (χ1) is 8.74. The number of rotatable bonds is 4. The first-order valence-corrected chi connectivity index (χ1v) is 7.24. The Morgan fingerprint density at radius 3 is 2.67 bits per heavy atom. The number of hydrogen-bond acceptors (Lipinski definition) is 1. The van der Waals surface area contributed by atoms with Crippen molar-refractivity contribution in [3.63, 3.8) is 0 Å². The van der Waals surface area contributed by atoms with Gasteiger partial charge >= 0.3 is 0 Å². The van der Waals surface area contributed by atoms with Crippen molar-refractivity contribution < 1.29 is 4.39 Å². The molecule has 18 heavy (non-hydrogen) atoms. The minimum atomic E-state index is -0.142. The Hall–Kier alpha value is -0.890. The molecule has 0 aliphatic carbocycles. The van der Waals surface area contributed by atoms with Crippen LogP contribution in [-0.2, 0) is 6.42 Å². The number of nitrogens with one attached hydrogen (secondary N) is 1. The maximum absolute atomic E-state index is 13.0. The number of hydrogen-bond donors (Lipinski definition) is 1. The van der Waals surface area contributed by atoms with Crippen LogP contribution >= 0.6 is 0 Å². The molecule has 1 aliphatic heterocycles. The molecule has 2 heteroatoms. The molecule has 1 aromatic carbocycles. The lowest BCUT2D eigenvalue weighted by Gasteiger charge is -2.34. The van der Waals surface area contributed by atoms with E-state index in [-0.39, 0.29) is 11.4 Å². The fourth-order valence-electron chi connectivity index (χ4n) is 3.13. The average molecular weight is 249 g/mol. The van der Waals surface area contributed by atoms with Gasteiger partial charge in [-0.25, -0.2) is 4.39 Å². The van der Waals surface area contributed by atoms with Crippen LogP contribution in [0.25, 0.3) is 0 Å². The predicted octanol–water partition coefficient (Wildman–Crippen LogP) is 4.07. The van der Waals surface area contributed by atoms with E-state index in [9.17, 15) is 4.39 Å². The van der Waals surface area contributed by atoms with E-state index in [1.807, 2.05) is 12.1 Å². The van der Waals surface area contributed by atoms with Gasteiger partial charge in [-0.1, -0.05) is 38.3 Å². The van der Waals surface area contributed by atoms with Gasteiger partial charge in [-0.3, -0.25) is 0 Å². The second-order valence-corrected chi connectivity index (χ2v) is 5.57. The molecule has 0 amide bonds. The van der Waals surface area contributed by atoms with Crippen molar-refractivity contribution >= 4 is 0 Å². The zero-order valence-corrected chi connectivity index (χ0v) is 11.3. The topological polar surface area (TPSA) is 12.0 Å². The average Bonchev–Trinajstić information content (AvgIpc) is 2.59. The van der Waals surface area contributed by atoms with Gasteiger partial charge in [-0.05, 0) is 49.9 Å². The first-order valence-electron chi connectivity index (χ1n) is 7.24. The number of halogens is 1. The zero-order chi connectivity index (χ0) is 12.8. The monoisotopic (exact) mass is 249 g/mol. The second-order valence-electron chi connectivity index (χ2n) is 5.57. The summed E-state index contributed by atoms with van der Waals surface area (Å²) in [6.07, 6.45) is 8.63. The fourth-order valence-corrected chi connectivity index (χ4v) is 3.13. The molecule has 0 radical (unpaired) electrons. The van der Waals surface area contributed by atoms with Crippen molar-refractivity contribution in [3.05, 3.63) is 35.6 Å². The summed E-state index contributed by atoms with van der Waals surface area (Å²) < 4.78 is 13.0. The molecule has 1 aliphatic rings. The van der Waals surface area contributed by atoms with Gasteiger partial charge in [0.15, 0.2) is 0 Å². The van der Waals surface area contributed by atoms with Gasteiger partial charge in [0.2, 0.25) is 0 Å². The van der Waals surface area contributed by atoms with Crippen LogP contribution in [0.5, 0.6) is 0 Å². The lowest BCUT2D eigenvalue weighted by molar-refractivity contribution is 0.288. The van der Waals surface area contributed by atoms with Crippen LogP contribution in [0.1, 0.15) is 51.0 Å². The van der Waals surface area contributed by atoms with E-state index in [4.69, 9.17) is 0 Å². The van der Waals surface area contributed by atoms with E-state index >= 15 is 0 Å². The molecule has 1 atom stereocenters. The predicted molar refractivity (Wildman–Crippen MR) is 74.2 cm³/mol. The van der Waals surface area contributed by atoms with Crippen molar-refractivity contribution in [3.8, 4) is 0 Å². The first kappa shape index (κ1) is 13.5. The quantitative estimate of drug-likeness (QED) is 0.848. The van der Waals surface area contributed by atoms with Gasteiger partial charge in [-0.15, -0.1) is 0 Å². The summed E-state index contributed by atoms with van der Waals surface area (Å²) >= 11 is 0. The summed E-state index contributed by atoms with van der Waals surface area (Å²) in [7, 11) is 0. The maximum Gasteiger partial charge on any atom is 0.123 e. The second kappa shape index (κ2) is 6.33. The van der Waals surface area contributed by atoms with Crippen LogP contribution in [0.2, 0.25) is 0 Å². The van der Waals surface area contributed by atoms with Crippen molar-refractivity contribution in [2.24, 2.45) is 0 Å². The molecule has 0 saturated carbocycles. The Kier molecular flexibility index (Phi) is 4.76. The third-order valence-corrected chi connectivity index (χ3v) is 4.02. The van der Waals surface area contributed by atoms with E-state index in [1.165, 1.54) is 44.1 Å². The SMILES string of the molecule is CCCC1(Cc2ccc(F)cc2)CCCCCN1. The molecule has 2 rings (SSSR count). The molecule has 1 unspecified atom stereocenters. The smallest absolute Gasteiger partial charge is 0.123 e. The molecular weight excluding hydrogens is 225 g/mol. The fraction of sp³-hybridized carbons (Fsp3) is 0.625. The Bertz CT molecular complexity index is 350. The normalized spacial score (nSPS) is 24.8. The van der Waals surface area contributed by atoms with E-state index in [1.54, 1.807) is 12.1 Å². The standard InChI is InChI=1S/C16H24FN/c1-2-10-16(11-4-3-5-12-18-16)13-14-6-8-15(17)9-7-14/h6-9,18H,2-5,10-13H2,1H3. The lowest BCUT2D eigenvalue weighted by Crippen LogP contribution is -2.46. The highest BCUT2D eigenvalue weighted by molar-refractivity contribution is 5.19. The minimum absolute atomic E-state index is 0.142. The molecule has 1 heterocycles. The van der Waals surface area contributed by atoms with E-state index in [0.29, 0.717) is 0 Å².